The lowest BCUT2D eigenvalue weighted by molar-refractivity contribution is -0.885. The minimum absolute atomic E-state index is 0.0774. The van der Waals surface area contributed by atoms with Crippen molar-refractivity contribution in [1.82, 2.24) is 9.80 Å². The zero-order chi connectivity index (χ0) is 21.0. The third-order valence-corrected chi connectivity index (χ3v) is 6.29. The maximum absolute atomic E-state index is 12.7. The molecule has 3 rings (SSSR count). The molecule has 1 N–H and O–H groups in total. The fraction of sp³-hybridized carbons (Fsp3) is 0.478. The van der Waals surface area contributed by atoms with Gasteiger partial charge in [0.05, 0.1) is 11.9 Å². The Morgan fingerprint density at radius 1 is 1.00 bits per heavy atom. The lowest BCUT2D eigenvalue weighted by atomic mass is 9.87. The Labute approximate surface area is 177 Å². The van der Waals surface area contributed by atoms with Crippen molar-refractivity contribution in [2.24, 2.45) is 0 Å². The summed E-state index contributed by atoms with van der Waals surface area (Å²) in [6.45, 7) is 10.4. The number of piperazine rings is 1. The second-order valence-corrected chi connectivity index (χ2v) is 9.86. The van der Waals surface area contributed by atoms with Crippen LogP contribution in [-0.4, -0.2) is 61.4 Å². The van der Waals surface area contributed by atoms with Gasteiger partial charge in [-0.15, -0.1) is 11.3 Å². The van der Waals surface area contributed by atoms with Crippen molar-refractivity contribution in [1.29, 1.82) is 0 Å². The molecule has 1 aliphatic heterocycles. The smallest absolute Gasteiger partial charge is 0.277 e. The lowest BCUT2D eigenvalue weighted by Crippen LogP contribution is -3.09. The molecule has 1 aliphatic rings. The summed E-state index contributed by atoms with van der Waals surface area (Å²) in [7, 11) is 2.06. The molecular weight excluding hydrogens is 382 g/mol. The van der Waals surface area contributed by atoms with E-state index in [0.717, 1.165) is 11.4 Å². The van der Waals surface area contributed by atoms with Crippen molar-refractivity contribution in [3.8, 4) is 0 Å². The highest BCUT2D eigenvalue weighted by molar-refractivity contribution is 7.12. The number of rotatable bonds is 5. The van der Waals surface area contributed by atoms with Crippen LogP contribution < -0.4 is 4.90 Å². The Morgan fingerprint density at radius 3 is 2.17 bits per heavy atom. The van der Waals surface area contributed by atoms with E-state index in [1.54, 1.807) is 0 Å². The number of amides is 2. The number of carbonyl (C=O) groups excluding carboxylic acids is 2. The van der Waals surface area contributed by atoms with E-state index < -0.39 is 0 Å². The Bertz CT molecular complexity index is 817. The first-order chi connectivity index (χ1) is 13.7. The van der Waals surface area contributed by atoms with Gasteiger partial charge in [0.25, 0.3) is 11.8 Å². The van der Waals surface area contributed by atoms with Crippen LogP contribution in [0.5, 0.6) is 0 Å². The van der Waals surface area contributed by atoms with Gasteiger partial charge in [-0.05, 0) is 22.4 Å². The molecule has 1 fully saturated rings. The second-order valence-electron chi connectivity index (χ2n) is 8.91. The van der Waals surface area contributed by atoms with Crippen LogP contribution in [0.25, 0.3) is 0 Å². The molecule has 1 unspecified atom stereocenters. The van der Waals surface area contributed by atoms with Crippen molar-refractivity contribution in [3.63, 3.8) is 0 Å². The maximum Gasteiger partial charge on any atom is 0.277 e. The number of nitrogens with one attached hydrogen (secondary N) is 1. The zero-order valence-electron chi connectivity index (χ0n) is 17.9. The van der Waals surface area contributed by atoms with E-state index in [1.165, 1.54) is 27.4 Å². The minimum Gasteiger partial charge on any atom is -0.334 e. The van der Waals surface area contributed by atoms with Gasteiger partial charge in [-0.2, -0.15) is 0 Å². The van der Waals surface area contributed by atoms with Crippen LogP contribution in [-0.2, 0) is 16.8 Å². The summed E-state index contributed by atoms with van der Waals surface area (Å²) in [6.07, 6.45) is 0. The van der Waals surface area contributed by atoms with E-state index in [2.05, 4.69) is 52.1 Å². The van der Waals surface area contributed by atoms with Crippen LogP contribution in [0.3, 0.4) is 0 Å². The van der Waals surface area contributed by atoms with Gasteiger partial charge in [0.15, 0.2) is 6.54 Å². The summed E-state index contributed by atoms with van der Waals surface area (Å²) in [5.41, 5.74) is 2.72. The Balaban J connectivity index is 1.46. The minimum atomic E-state index is 0.0774. The van der Waals surface area contributed by atoms with Crippen LogP contribution in [0, 0.1) is 0 Å². The number of quaternary nitrogens is 1. The summed E-state index contributed by atoms with van der Waals surface area (Å²) >= 11 is 1.47. The highest BCUT2D eigenvalue weighted by atomic mass is 32.1. The van der Waals surface area contributed by atoms with Crippen LogP contribution in [0.2, 0.25) is 0 Å². The highest BCUT2D eigenvalue weighted by Gasteiger charge is 2.26. The summed E-state index contributed by atoms with van der Waals surface area (Å²) in [5, 5.41) is 1.92. The number of benzene rings is 1. The van der Waals surface area contributed by atoms with Crippen molar-refractivity contribution in [2.75, 3.05) is 39.8 Å². The zero-order valence-corrected chi connectivity index (χ0v) is 18.7. The molecule has 0 saturated carbocycles. The van der Waals surface area contributed by atoms with Gasteiger partial charge in [0.2, 0.25) is 0 Å². The topological polar surface area (TPSA) is 45.1 Å². The summed E-state index contributed by atoms with van der Waals surface area (Å²) in [4.78, 5) is 30.8. The van der Waals surface area contributed by atoms with Crippen molar-refractivity contribution in [3.05, 3.63) is 57.8 Å². The second kappa shape index (κ2) is 9.09. The molecule has 6 heteroatoms. The Morgan fingerprint density at radius 2 is 1.62 bits per heavy atom. The van der Waals surface area contributed by atoms with Gasteiger partial charge in [0.1, 0.15) is 6.54 Å². The van der Waals surface area contributed by atoms with Gasteiger partial charge in [0, 0.05) is 31.7 Å². The quantitative estimate of drug-likeness (QED) is 0.814. The molecule has 0 radical (unpaired) electrons. The highest BCUT2D eigenvalue weighted by Crippen LogP contribution is 2.22. The van der Waals surface area contributed by atoms with Crippen LogP contribution >= 0.6 is 11.3 Å². The SMILES string of the molecule is C[NH+](CC(=O)N1CCN(C(=O)c2cccs2)CC1)Cc1ccc(C(C)(C)C)cc1. The van der Waals surface area contributed by atoms with Gasteiger partial charge >= 0.3 is 0 Å². The molecule has 2 amide bonds. The van der Waals surface area contributed by atoms with Crippen molar-refractivity contribution >= 4 is 23.2 Å². The molecule has 156 valence electrons. The molecule has 1 atom stereocenters. The first kappa shape index (κ1) is 21.5. The average Bonchev–Trinajstić information content (AvgIpc) is 3.22. The molecule has 0 aliphatic carbocycles. The standard InChI is InChI=1S/C23H31N3O2S/c1-23(2,3)19-9-7-18(8-10-19)16-24(4)17-21(27)25-11-13-26(14-12-25)22(28)20-6-5-15-29-20/h5-10,15H,11-14,16-17H2,1-4H3/p+1. The van der Waals surface area contributed by atoms with E-state index in [4.69, 9.17) is 0 Å². The summed E-state index contributed by atoms with van der Waals surface area (Å²) in [6, 6.07) is 12.5. The van der Waals surface area contributed by atoms with E-state index in [0.29, 0.717) is 32.7 Å². The number of nitrogens with zero attached hydrogens (tertiary/aromatic N) is 2. The number of likely N-dealkylation sites (N-methyl/N-ethyl adjacent to an activating group) is 1. The van der Waals surface area contributed by atoms with Crippen LogP contribution in [0.1, 0.15) is 41.6 Å². The predicted octanol–water partition coefficient (Wildman–Crippen LogP) is 2.04. The van der Waals surface area contributed by atoms with Gasteiger partial charge in [-0.3, -0.25) is 9.59 Å². The number of hydrogen-bond acceptors (Lipinski definition) is 3. The maximum atomic E-state index is 12.7. The largest absolute Gasteiger partial charge is 0.334 e. The molecule has 2 aromatic rings. The molecule has 2 heterocycles. The molecule has 1 aromatic carbocycles. The molecule has 0 bridgehead atoms. The monoisotopic (exact) mass is 414 g/mol. The molecule has 0 spiro atoms. The molecule has 1 aromatic heterocycles. The van der Waals surface area contributed by atoms with E-state index in [-0.39, 0.29) is 17.2 Å². The first-order valence-corrected chi connectivity index (χ1v) is 11.1. The lowest BCUT2D eigenvalue weighted by Gasteiger charge is -2.34. The Hall–Kier alpha value is -2.18. The molecule has 1 saturated heterocycles. The van der Waals surface area contributed by atoms with Crippen molar-refractivity contribution in [2.45, 2.75) is 32.7 Å². The van der Waals surface area contributed by atoms with Gasteiger partial charge in [-0.1, -0.05) is 51.1 Å². The van der Waals surface area contributed by atoms with Gasteiger partial charge < -0.3 is 14.7 Å². The van der Waals surface area contributed by atoms with Crippen LogP contribution in [0.15, 0.2) is 41.8 Å². The van der Waals surface area contributed by atoms with E-state index in [9.17, 15) is 9.59 Å². The molecule has 5 nitrogen and oxygen atoms in total. The molecule has 29 heavy (non-hydrogen) atoms. The molecular formula is C23H32N3O2S+. The number of carbonyl (C=O) groups is 2. The predicted molar refractivity (Wildman–Crippen MR) is 117 cm³/mol. The van der Waals surface area contributed by atoms with E-state index >= 15 is 0 Å². The van der Waals surface area contributed by atoms with E-state index in [1.807, 2.05) is 27.3 Å². The fourth-order valence-electron chi connectivity index (χ4n) is 3.62. The van der Waals surface area contributed by atoms with Crippen molar-refractivity contribution < 1.29 is 14.5 Å². The first-order valence-electron chi connectivity index (χ1n) is 10.3. The summed E-state index contributed by atoms with van der Waals surface area (Å²) < 4.78 is 0. The third kappa shape index (κ3) is 5.67. The van der Waals surface area contributed by atoms with Gasteiger partial charge in [-0.25, -0.2) is 0 Å². The summed E-state index contributed by atoms with van der Waals surface area (Å²) in [5.74, 6) is 0.241. The number of hydrogen-bond donors (Lipinski definition) is 1. The third-order valence-electron chi connectivity index (χ3n) is 5.43. The normalized spacial score (nSPS) is 16.0. The number of thiophene rings is 1. The Kier molecular flexibility index (Phi) is 6.75. The average molecular weight is 415 g/mol. The van der Waals surface area contributed by atoms with Crippen LogP contribution in [0.4, 0.5) is 0 Å². The fourth-order valence-corrected chi connectivity index (χ4v) is 4.31.